The number of nitrogens with two attached hydrogens (primary N) is 1. The van der Waals surface area contributed by atoms with Gasteiger partial charge in [0.15, 0.2) is 0 Å². The molecule has 0 aliphatic rings. The van der Waals surface area contributed by atoms with E-state index in [-0.39, 0.29) is 0 Å². The van der Waals surface area contributed by atoms with Gasteiger partial charge < -0.3 is 9.94 Å². The number of nitrogens with one attached hydrogen (secondary N) is 1. The summed E-state index contributed by atoms with van der Waals surface area (Å²) in [6, 6.07) is 0. The molecule has 0 aliphatic heterocycles. The molecular weight excluding hydrogens is 140 g/mol. The summed E-state index contributed by atoms with van der Waals surface area (Å²) in [6.07, 6.45) is 1.36. The third-order valence-corrected chi connectivity index (χ3v) is 0.522. The third kappa shape index (κ3) is 4.75. The first-order valence-corrected chi connectivity index (χ1v) is 2.24. The van der Waals surface area contributed by atoms with Gasteiger partial charge in [-0.05, 0) is 0 Å². The van der Waals surface area contributed by atoms with Crippen LogP contribution in [0.5, 0.6) is 0 Å². The highest BCUT2D eigenvalue weighted by atomic mass is 16.7. The van der Waals surface area contributed by atoms with Crippen LogP contribution < -0.4 is 11.4 Å². The summed E-state index contributed by atoms with van der Waals surface area (Å²) in [5.74, 6) is 2.46. The molecule has 4 N–H and O–H groups in total. The Morgan fingerprint density at radius 2 is 2.10 bits per heavy atom. The Labute approximate surface area is 56.2 Å². The van der Waals surface area contributed by atoms with Gasteiger partial charge in [-0.1, -0.05) is 5.59 Å². The molecule has 0 saturated carbocycles. The van der Waals surface area contributed by atoms with Crippen molar-refractivity contribution in [1.29, 1.82) is 0 Å². The smallest absolute Gasteiger partial charge is 0.350 e. The monoisotopic (exact) mass is 146 g/mol. The number of hydrogen-bond donors (Lipinski definition) is 3. The van der Waals surface area contributed by atoms with Crippen LogP contribution >= 0.6 is 0 Å². The minimum absolute atomic E-state index is 0.639. The van der Waals surface area contributed by atoms with Crippen molar-refractivity contribution in [2.45, 2.75) is 0 Å². The predicted octanol–water partition coefficient (Wildman–Crippen LogP) is -1.45. The molecule has 0 fully saturated rings. The SMILES string of the molecule is NNOC(=O)/C=C\C(=O)O. The Morgan fingerprint density at radius 1 is 1.50 bits per heavy atom. The fraction of sp³-hybridized carbons (Fsp3) is 0. The number of aliphatic carboxylic acids is 1. The molecule has 0 unspecified atom stereocenters. The van der Waals surface area contributed by atoms with Crippen molar-refractivity contribution in [3.05, 3.63) is 12.2 Å². The van der Waals surface area contributed by atoms with Crippen molar-refractivity contribution in [1.82, 2.24) is 5.59 Å². The average molecular weight is 146 g/mol. The largest absolute Gasteiger partial charge is 0.478 e. The van der Waals surface area contributed by atoms with Crippen LogP contribution in [0, 0.1) is 0 Å². The van der Waals surface area contributed by atoms with E-state index in [9.17, 15) is 9.59 Å². The topological polar surface area (TPSA) is 102 Å². The highest BCUT2D eigenvalue weighted by Crippen LogP contribution is 1.76. The number of hydrogen-bond acceptors (Lipinski definition) is 5. The molecule has 0 radical (unpaired) electrons. The van der Waals surface area contributed by atoms with Gasteiger partial charge in [0.25, 0.3) is 0 Å². The molecule has 0 bridgehead atoms. The van der Waals surface area contributed by atoms with Crippen molar-refractivity contribution in [2.24, 2.45) is 5.84 Å². The van der Waals surface area contributed by atoms with Gasteiger partial charge in [0.2, 0.25) is 0 Å². The lowest BCUT2D eigenvalue weighted by Gasteiger charge is -1.92. The van der Waals surface area contributed by atoms with Crippen LogP contribution in [-0.2, 0) is 14.4 Å². The molecule has 0 aromatic carbocycles. The number of carboxylic acid groups (broad SMARTS) is 1. The van der Waals surface area contributed by atoms with E-state index in [0.29, 0.717) is 6.08 Å². The van der Waals surface area contributed by atoms with E-state index in [1.54, 1.807) is 5.59 Å². The zero-order valence-electron chi connectivity index (χ0n) is 4.90. The van der Waals surface area contributed by atoms with Crippen molar-refractivity contribution in [2.75, 3.05) is 0 Å². The Balaban J connectivity index is 3.67. The molecule has 0 aliphatic carbocycles. The molecule has 0 heterocycles. The van der Waals surface area contributed by atoms with Crippen LogP contribution in [0.3, 0.4) is 0 Å². The van der Waals surface area contributed by atoms with E-state index in [1.165, 1.54) is 0 Å². The molecule has 0 aromatic rings. The number of carbonyl (C=O) groups is 2. The van der Waals surface area contributed by atoms with Gasteiger partial charge in [0.05, 0.1) is 0 Å². The first-order chi connectivity index (χ1) is 4.66. The summed E-state index contributed by atoms with van der Waals surface area (Å²) >= 11 is 0. The summed E-state index contributed by atoms with van der Waals surface area (Å²) in [7, 11) is 0. The van der Waals surface area contributed by atoms with E-state index < -0.39 is 11.9 Å². The highest BCUT2D eigenvalue weighted by Gasteiger charge is 1.94. The second-order valence-corrected chi connectivity index (χ2v) is 1.21. The molecule has 10 heavy (non-hydrogen) atoms. The maximum absolute atomic E-state index is 10.2. The number of carboxylic acids is 1. The Bertz CT molecular complexity index is 165. The summed E-state index contributed by atoms with van der Waals surface area (Å²) in [5, 5.41) is 7.98. The zero-order chi connectivity index (χ0) is 7.98. The molecule has 0 amide bonds. The van der Waals surface area contributed by atoms with Crippen molar-refractivity contribution in [3.63, 3.8) is 0 Å². The normalized spacial score (nSPS) is 9.70. The van der Waals surface area contributed by atoms with Gasteiger partial charge in [0.1, 0.15) is 0 Å². The minimum Gasteiger partial charge on any atom is -0.478 e. The summed E-state index contributed by atoms with van der Waals surface area (Å²) < 4.78 is 0. The van der Waals surface area contributed by atoms with Gasteiger partial charge in [-0.3, -0.25) is 0 Å². The molecule has 0 saturated heterocycles. The van der Waals surface area contributed by atoms with Crippen LogP contribution in [0.25, 0.3) is 0 Å². The van der Waals surface area contributed by atoms with Gasteiger partial charge in [0, 0.05) is 12.2 Å². The Kier molecular flexibility index (Phi) is 3.85. The lowest BCUT2D eigenvalue weighted by Crippen LogP contribution is -2.25. The molecule has 6 nitrogen and oxygen atoms in total. The quantitative estimate of drug-likeness (QED) is 0.256. The molecule has 6 heteroatoms. The van der Waals surface area contributed by atoms with Crippen LogP contribution in [0.2, 0.25) is 0 Å². The highest BCUT2D eigenvalue weighted by molar-refractivity contribution is 5.90. The second-order valence-electron chi connectivity index (χ2n) is 1.21. The lowest BCUT2D eigenvalue weighted by atomic mass is 10.5. The van der Waals surface area contributed by atoms with E-state index in [0.717, 1.165) is 6.08 Å². The first-order valence-electron chi connectivity index (χ1n) is 2.24. The Hall–Kier alpha value is -1.40. The molecular formula is C4H6N2O4. The van der Waals surface area contributed by atoms with Crippen molar-refractivity contribution in [3.8, 4) is 0 Å². The van der Waals surface area contributed by atoms with E-state index in [4.69, 9.17) is 5.11 Å². The van der Waals surface area contributed by atoms with Gasteiger partial charge in [-0.25, -0.2) is 15.4 Å². The van der Waals surface area contributed by atoms with Gasteiger partial charge >= 0.3 is 11.9 Å². The van der Waals surface area contributed by atoms with Crippen LogP contribution in [0.4, 0.5) is 0 Å². The molecule has 0 rings (SSSR count). The van der Waals surface area contributed by atoms with Crippen LogP contribution in [0.1, 0.15) is 0 Å². The maximum atomic E-state index is 10.2. The fourth-order valence-corrected chi connectivity index (χ4v) is 0.231. The number of carbonyl (C=O) groups excluding carboxylic acids is 1. The molecule has 0 aromatic heterocycles. The van der Waals surface area contributed by atoms with Crippen LogP contribution in [0.15, 0.2) is 12.2 Å². The predicted molar refractivity (Wildman–Crippen MR) is 30.2 cm³/mol. The average Bonchev–Trinajstić information content (AvgIpc) is 1.85. The van der Waals surface area contributed by atoms with Crippen LogP contribution in [-0.4, -0.2) is 17.0 Å². The van der Waals surface area contributed by atoms with E-state index in [2.05, 4.69) is 10.7 Å². The molecule has 0 spiro atoms. The number of rotatable bonds is 3. The lowest BCUT2D eigenvalue weighted by molar-refractivity contribution is -0.145. The van der Waals surface area contributed by atoms with E-state index in [1.807, 2.05) is 0 Å². The minimum atomic E-state index is -1.23. The van der Waals surface area contributed by atoms with Crippen molar-refractivity contribution >= 4 is 11.9 Å². The Morgan fingerprint density at radius 3 is 2.50 bits per heavy atom. The number of hydrazine groups is 1. The maximum Gasteiger partial charge on any atom is 0.350 e. The van der Waals surface area contributed by atoms with Crippen molar-refractivity contribution < 1.29 is 19.5 Å². The summed E-state index contributed by atoms with van der Waals surface area (Å²) in [5.41, 5.74) is 1.60. The van der Waals surface area contributed by atoms with Gasteiger partial charge in [-0.2, -0.15) is 0 Å². The van der Waals surface area contributed by atoms with E-state index >= 15 is 0 Å². The third-order valence-electron chi connectivity index (χ3n) is 0.522. The van der Waals surface area contributed by atoms with Gasteiger partial charge in [-0.15, -0.1) is 0 Å². The summed E-state index contributed by atoms with van der Waals surface area (Å²) in [6.45, 7) is 0. The molecule has 56 valence electrons. The first kappa shape index (κ1) is 8.60. The standard InChI is InChI=1S/C4H6N2O4/c5-6-10-4(9)2-1-3(7)8/h1-2,6H,5H2,(H,7,8)/b2-1-. The zero-order valence-corrected chi connectivity index (χ0v) is 4.90. The summed E-state index contributed by atoms with van der Waals surface area (Å²) in [4.78, 5) is 23.9. The second kappa shape index (κ2) is 4.48. The fourth-order valence-electron chi connectivity index (χ4n) is 0.231. The molecule has 0 atom stereocenters.